The molecule has 2 aliphatic rings. The molecule has 5 nitrogen and oxygen atoms in total. The fraction of sp³-hybridized carbons (Fsp3) is 0.444. The van der Waals surface area contributed by atoms with Crippen molar-refractivity contribution in [1.29, 1.82) is 0 Å². The van der Waals surface area contributed by atoms with Crippen LogP contribution < -0.4 is 4.74 Å². The molecule has 2 fully saturated rings. The topological polar surface area (TPSA) is 37.7 Å². The summed E-state index contributed by atoms with van der Waals surface area (Å²) in [4.78, 5) is 17.8. The third kappa shape index (κ3) is 4.26. The van der Waals surface area contributed by atoms with Crippen LogP contribution in [0.4, 0.5) is 0 Å². The van der Waals surface area contributed by atoms with Gasteiger partial charge in [0.2, 0.25) is 0 Å². The first kappa shape index (κ1) is 21.1. The van der Waals surface area contributed by atoms with Gasteiger partial charge in [0, 0.05) is 36.7 Å². The number of benzene rings is 2. The second-order valence-electron chi connectivity index (χ2n) is 9.15. The summed E-state index contributed by atoms with van der Waals surface area (Å²) in [6.07, 6.45) is 5.87. The number of hydrogen-bond donors (Lipinski definition) is 0. The smallest absolute Gasteiger partial charge is 0.270 e. The van der Waals surface area contributed by atoms with Crippen molar-refractivity contribution in [3.63, 3.8) is 0 Å². The lowest BCUT2D eigenvalue weighted by molar-refractivity contribution is 0.0785. The summed E-state index contributed by atoms with van der Waals surface area (Å²) in [5.41, 5.74) is 2.79. The molecule has 32 heavy (non-hydrogen) atoms. The first-order chi connectivity index (χ1) is 15.7. The highest BCUT2D eigenvalue weighted by Crippen LogP contribution is 2.27. The summed E-state index contributed by atoms with van der Waals surface area (Å²) < 4.78 is 8.10. The summed E-state index contributed by atoms with van der Waals surface area (Å²) in [7, 11) is 0. The Kier molecular flexibility index (Phi) is 6.17. The third-order valence-electron chi connectivity index (χ3n) is 6.97. The maximum atomic E-state index is 13.3. The van der Waals surface area contributed by atoms with E-state index < -0.39 is 0 Å². The minimum atomic E-state index is 0.121. The lowest BCUT2D eigenvalue weighted by Gasteiger charge is -2.20. The predicted molar refractivity (Wildman–Crippen MR) is 129 cm³/mol. The number of ether oxygens (including phenoxy) is 1. The number of nitrogens with zero attached hydrogens (tertiary/aromatic N) is 3. The van der Waals surface area contributed by atoms with Crippen molar-refractivity contribution in [2.75, 3.05) is 32.8 Å². The molecular weight excluding hydrogens is 398 g/mol. The number of likely N-dealkylation sites (tertiary alicyclic amines) is 2. The SMILES string of the molecule is C[C@@H]1CCCN1CCCOc1ccc(-n2c(C(=O)N3CCCC3)cc3ccccc32)cc1. The Morgan fingerprint density at radius 1 is 1.00 bits per heavy atom. The molecule has 0 radical (unpaired) electrons. The van der Waals surface area contributed by atoms with Crippen molar-refractivity contribution in [3.05, 3.63) is 60.3 Å². The molecule has 168 valence electrons. The van der Waals surface area contributed by atoms with Gasteiger partial charge in [-0.3, -0.25) is 4.79 Å². The molecule has 0 aliphatic carbocycles. The van der Waals surface area contributed by atoms with Gasteiger partial charge in [-0.25, -0.2) is 0 Å². The van der Waals surface area contributed by atoms with Gasteiger partial charge in [-0.2, -0.15) is 0 Å². The van der Waals surface area contributed by atoms with Crippen LogP contribution in [0.25, 0.3) is 16.6 Å². The number of amides is 1. The second kappa shape index (κ2) is 9.37. The van der Waals surface area contributed by atoms with Gasteiger partial charge < -0.3 is 19.1 Å². The van der Waals surface area contributed by atoms with Gasteiger partial charge in [0.25, 0.3) is 5.91 Å². The zero-order chi connectivity index (χ0) is 21.9. The average Bonchev–Trinajstić information content (AvgIpc) is 3.57. The standard InChI is InChI=1S/C27H33N3O2/c1-21-8-6-17-28(21)18-7-19-32-24-13-11-23(12-14-24)30-25-10-3-2-9-22(25)20-26(30)27(31)29-15-4-5-16-29/h2-3,9-14,20-21H,4-8,15-19H2,1H3/t21-/m1/s1. The highest BCUT2D eigenvalue weighted by molar-refractivity contribution is 6.00. The maximum absolute atomic E-state index is 13.3. The quantitative estimate of drug-likeness (QED) is 0.487. The Hall–Kier alpha value is -2.79. The molecule has 2 saturated heterocycles. The molecular formula is C27H33N3O2. The summed E-state index contributed by atoms with van der Waals surface area (Å²) in [6, 6.07) is 19.1. The molecule has 0 unspecified atom stereocenters. The number of para-hydroxylation sites is 1. The molecule has 3 aromatic rings. The molecule has 0 spiro atoms. The van der Waals surface area contributed by atoms with Crippen LogP contribution in [0.5, 0.6) is 5.75 Å². The van der Waals surface area contributed by atoms with Gasteiger partial charge >= 0.3 is 0 Å². The van der Waals surface area contributed by atoms with Crippen LogP contribution in [0.2, 0.25) is 0 Å². The number of carbonyl (C=O) groups is 1. The third-order valence-corrected chi connectivity index (χ3v) is 6.97. The van der Waals surface area contributed by atoms with Crippen molar-refractivity contribution in [1.82, 2.24) is 14.4 Å². The number of aromatic nitrogens is 1. The monoisotopic (exact) mass is 431 g/mol. The van der Waals surface area contributed by atoms with Gasteiger partial charge in [-0.15, -0.1) is 0 Å². The zero-order valence-electron chi connectivity index (χ0n) is 19.0. The van der Waals surface area contributed by atoms with E-state index in [0.29, 0.717) is 6.04 Å². The Bertz CT molecular complexity index is 1070. The largest absolute Gasteiger partial charge is 0.494 e. The van der Waals surface area contributed by atoms with E-state index in [4.69, 9.17) is 4.74 Å². The Morgan fingerprint density at radius 2 is 1.78 bits per heavy atom. The van der Waals surface area contributed by atoms with Crippen molar-refractivity contribution in [2.45, 2.75) is 45.1 Å². The molecule has 5 rings (SSSR count). The molecule has 3 heterocycles. The molecule has 5 heteroatoms. The minimum Gasteiger partial charge on any atom is -0.494 e. The molecule has 1 atom stereocenters. The number of rotatable bonds is 7. The van der Waals surface area contributed by atoms with Gasteiger partial charge in [0.1, 0.15) is 11.4 Å². The first-order valence-electron chi connectivity index (χ1n) is 12.1. The van der Waals surface area contributed by atoms with Crippen molar-refractivity contribution in [3.8, 4) is 11.4 Å². The van der Waals surface area contributed by atoms with Crippen molar-refractivity contribution in [2.24, 2.45) is 0 Å². The van der Waals surface area contributed by atoms with Gasteiger partial charge in [-0.05, 0) is 82.0 Å². The van der Waals surface area contributed by atoms with Crippen molar-refractivity contribution < 1.29 is 9.53 Å². The number of hydrogen-bond acceptors (Lipinski definition) is 3. The summed E-state index contributed by atoms with van der Waals surface area (Å²) in [5, 5.41) is 1.09. The predicted octanol–water partition coefficient (Wildman–Crippen LogP) is 5.12. The van der Waals surface area contributed by atoms with Crippen LogP contribution in [0, 0.1) is 0 Å². The zero-order valence-corrected chi connectivity index (χ0v) is 19.0. The Balaban J connectivity index is 1.31. The molecule has 1 amide bonds. The first-order valence-corrected chi connectivity index (χ1v) is 12.1. The number of fused-ring (bicyclic) bond motifs is 1. The second-order valence-corrected chi connectivity index (χ2v) is 9.15. The van der Waals surface area contributed by atoms with Crippen LogP contribution in [-0.4, -0.2) is 59.1 Å². The average molecular weight is 432 g/mol. The van der Waals surface area contributed by atoms with E-state index in [1.54, 1.807) is 0 Å². The van der Waals surface area contributed by atoms with Crippen LogP contribution in [-0.2, 0) is 0 Å². The van der Waals surface area contributed by atoms with E-state index in [-0.39, 0.29) is 5.91 Å². The van der Waals surface area contributed by atoms with E-state index in [1.807, 2.05) is 35.2 Å². The van der Waals surface area contributed by atoms with E-state index in [0.717, 1.165) is 73.5 Å². The minimum absolute atomic E-state index is 0.121. The Labute approximate surface area is 190 Å². The highest BCUT2D eigenvalue weighted by atomic mass is 16.5. The summed E-state index contributed by atoms with van der Waals surface area (Å²) in [6.45, 7) is 7.08. The lowest BCUT2D eigenvalue weighted by atomic mass is 10.2. The van der Waals surface area contributed by atoms with Crippen LogP contribution in [0.1, 0.15) is 49.5 Å². The van der Waals surface area contributed by atoms with E-state index >= 15 is 0 Å². The van der Waals surface area contributed by atoms with Gasteiger partial charge in [0.15, 0.2) is 0 Å². The van der Waals surface area contributed by atoms with E-state index in [2.05, 4.69) is 40.7 Å². The summed E-state index contributed by atoms with van der Waals surface area (Å²) in [5.74, 6) is 1.00. The highest BCUT2D eigenvalue weighted by Gasteiger charge is 2.24. The van der Waals surface area contributed by atoms with Crippen LogP contribution >= 0.6 is 0 Å². The van der Waals surface area contributed by atoms with Gasteiger partial charge in [0.05, 0.1) is 12.1 Å². The lowest BCUT2D eigenvalue weighted by Crippen LogP contribution is -2.29. The molecule has 0 bridgehead atoms. The maximum Gasteiger partial charge on any atom is 0.270 e. The summed E-state index contributed by atoms with van der Waals surface area (Å²) >= 11 is 0. The molecule has 2 aliphatic heterocycles. The molecule has 0 saturated carbocycles. The number of carbonyl (C=O) groups excluding carboxylic acids is 1. The van der Waals surface area contributed by atoms with Crippen LogP contribution in [0.3, 0.4) is 0 Å². The van der Waals surface area contributed by atoms with Crippen LogP contribution in [0.15, 0.2) is 54.6 Å². The van der Waals surface area contributed by atoms with E-state index in [9.17, 15) is 4.79 Å². The van der Waals surface area contributed by atoms with Crippen molar-refractivity contribution >= 4 is 16.8 Å². The Morgan fingerprint density at radius 3 is 2.53 bits per heavy atom. The normalized spacial score (nSPS) is 19.2. The fourth-order valence-corrected chi connectivity index (χ4v) is 5.15. The van der Waals surface area contributed by atoms with Gasteiger partial charge in [-0.1, -0.05) is 18.2 Å². The molecule has 1 aromatic heterocycles. The van der Waals surface area contributed by atoms with E-state index in [1.165, 1.54) is 19.4 Å². The fourth-order valence-electron chi connectivity index (χ4n) is 5.15. The molecule has 0 N–H and O–H groups in total. The molecule has 2 aromatic carbocycles.